The quantitative estimate of drug-likeness (QED) is 0.570. The van der Waals surface area contributed by atoms with Crippen LogP contribution in [0.3, 0.4) is 0 Å². The van der Waals surface area contributed by atoms with Crippen LogP contribution in [-0.2, 0) is 14.8 Å². The van der Waals surface area contributed by atoms with Crippen molar-refractivity contribution in [3.05, 3.63) is 0 Å². The number of sulfonamides is 1. The van der Waals surface area contributed by atoms with E-state index in [1.807, 2.05) is 6.92 Å². The molecule has 0 aliphatic heterocycles. The van der Waals surface area contributed by atoms with Crippen molar-refractivity contribution in [2.24, 2.45) is 5.41 Å². The average molecular weight is 251 g/mol. The molecule has 1 aliphatic rings. The van der Waals surface area contributed by atoms with Gasteiger partial charge in [0.25, 0.3) is 0 Å². The maximum Gasteiger partial charge on any atom is 0.213 e. The lowest BCUT2D eigenvalue weighted by Crippen LogP contribution is -2.33. The molecule has 0 atom stereocenters. The number of aliphatic hydroxyl groups is 1. The highest BCUT2D eigenvalue weighted by Crippen LogP contribution is 2.47. The number of aliphatic hydroxyl groups excluding tert-OH is 1. The molecular formula is C10H21NO4S. The Morgan fingerprint density at radius 1 is 1.44 bits per heavy atom. The second kappa shape index (κ2) is 5.95. The number of ether oxygens (including phenoxy) is 1. The number of nitrogens with one attached hydrogen (secondary N) is 1. The fourth-order valence-corrected chi connectivity index (χ4v) is 2.59. The molecule has 0 bridgehead atoms. The van der Waals surface area contributed by atoms with Crippen LogP contribution in [0.2, 0.25) is 0 Å². The Morgan fingerprint density at radius 2 is 2.12 bits per heavy atom. The summed E-state index contributed by atoms with van der Waals surface area (Å²) >= 11 is 0. The van der Waals surface area contributed by atoms with E-state index >= 15 is 0 Å². The average Bonchev–Trinajstić information content (AvgIpc) is 2.97. The SMILES string of the molecule is CCOCCS(=O)(=O)NCC1(CCO)CC1. The molecule has 0 amide bonds. The van der Waals surface area contributed by atoms with Crippen molar-refractivity contribution in [2.45, 2.75) is 26.2 Å². The largest absolute Gasteiger partial charge is 0.396 e. The van der Waals surface area contributed by atoms with Gasteiger partial charge in [-0.3, -0.25) is 0 Å². The molecule has 0 radical (unpaired) electrons. The van der Waals surface area contributed by atoms with E-state index in [1.54, 1.807) is 0 Å². The summed E-state index contributed by atoms with van der Waals surface area (Å²) in [5.74, 6) is 0.00997. The van der Waals surface area contributed by atoms with E-state index in [2.05, 4.69) is 4.72 Å². The molecular weight excluding hydrogens is 230 g/mol. The van der Waals surface area contributed by atoms with Gasteiger partial charge in [-0.25, -0.2) is 13.1 Å². The van der Waals surface area contributed by atoms with Crippen LogP contribution in [0.15, 0.2) is 0 Å². The third kappa shape index (κ3) is 4.78. The van der Waals surface area contributed by atoms with Gasteiger partial charge in [0.2, 0.25) is 10.0 Å². The van der Waals surface area contributed by atoms with Crippen molar-refractivity contribution < 1.29 is 18.3 Å². The first-order valence-electron chi connectivity index (χ1n) is 5.69. The Bertz CT molecular complexity index is 298. The summed E-state index contributed by atoms with van der Waals surface area (Å²) in [5, 5.41) is 8.85. The Kier molecular flexibility index (Phi) is 5.17. The molecule has 0 aromatic rings. The van der Waals surface area contributed by atoms with Crippen LogP contribution in [0.4, 0.5) is 0 Å². The summed E-state index contributed by atoms with van der Waals surface area (Å²) in [6, 6.07) is 0. The van der Waals surface area contributed by atoms with Gasteiger partial charge < -0.3 is 9.84 Å². The lowest BCUT2D eigenvalue weighted by molar-refractivity contribution is 0.163. The third-order valence-electron chi connectivity index (χ3n) is 2.97. The lowest BCUT2D eigenvalue weighted by atomic mass is 10.0. The predicted molar refractivity (Wildman–Crippen MR) is 61.7 cm³/mol. The Hall–Kier alpha value is -0.170. The van der Waals surface area contributed by atoms with Crippen molar-refractivity contribution in [3.63, 3.8) is 0 Å². The zero-order valence-electron chi connectivity index (χ0n) is 9.74. The first-order valence-corrected chi connectivity index (χ1v) is 7.35. The van der Waals surface area contributed by atoms with Crippen LogP contribution in [0.5, 0.6) is 0 Å². The van der Waals surface area contributed by atoms with Gasteiger partial charge >= 0.3 is 0 Å². The van der Waals surface area contributed by atoms with Crippen LogP contribution in [-0.4, -0.2) is 45.6 Å². The molecule has 1 rings (SSSR count). The van der Waals surface area contributed by atoms with Crippen molar-refractivity contribution in [1.82, 2.24) is 4.72 Å². The fourth-order valence-electron chi connectivity index (χ4n) is 1.58. The molecule has 16 heavy (non-hydrogen) atoms. The zero-order valence-corrected chi connectivity index (χ0v) is 10.6. The van der Waals surface area contributed by atoms with Gasteiger partial charge in [-0.15, -0.1) is 0 Å². The normalized spacial score (nSPS) is 18.6. The topological polar surface area (TPSA) is 75.6 Å². The molecule has 96 valence electrons. The van der Waals surface area contributed by atoms with Crippen molar-refractivity contribution in [3.8, 4) is 0 Å². The van der Waals surface area contributed by atoms with Crippen LogP contribution in [0.1, 0.15) is 26.2 Å². The molecule has 0 heterocycles. The smallest absolute Gasteiger partial charge is 0.213 e. The van der Waals surface area contributed by atoms with Crippen LogP contribution in [0, 0.1) is 5.41 Å². The standard InChI is InChI=1S/C10H21NO4S/c1-2-15-7-8-16(13,14)11-9-10(3-4-10)5-6-12/h11-12H,2-9H2,1H3. The monoisotopic (exact) mass is 251 g/mol. The van der Waals surface area contributed by atoms with Gasteiger partial charge in [-0.2, -0.15) is 0 Å². The van der Waals surface area contributed by atoms with Gasteiger partial charge in [0, 0.05) is 19.8 Å². The van der Waals surface area contributed by atoms with E-state index in [-0.39, 0.29) is 24.4 Å². The Labute approximate surface area is 97.2 Å². The number of hydrogen-bond acceptors (Lipinski definition) is 4. The molecule has 6 heteroatoms. The highest BCUT2D eigenvalue weighted by molar-refractivity contribution is 7.89. The predicted octanol–water partition coefficient (Wildman–Crippen LogP) is 0.105. The van der Waals surface area contributed by atoms with Gasteiger partial charge in [-0.1, -0.05) is 0 Å². The van der Waals surface area contributed by atoms with Crippen molar-refractivity contribution >= 4 is 10.0 Å². The van der Waals surface area contributed by atoms with E-state index in [0.717, 1.165) is 12.8 Å². The molecule has 1 fully saturated rings. The van der Waals surface area contributed by atoms with Crippen molar-refractivity contribution in [2.75, 3.05) is 32.1 Å². The first-order chi connectivity index (χ1) is 7.54. The summed E-state index contributed by atoms with van der Waals surface area (Å²) in [6.45, 7) is 3.17. The molecule has 1 saturated carbocycles. The number of rotatable bonds is 9. The van der Waals surface area contributed by atoms with Crippen LogP contribution < -0.4 is 4.72 Å². The molecule has 0 aromatic heterocycles. The van der Waals surface area contributed by atoms with E-state index in [4.69, 9.17) is 9.84 Å². The van der Waals surface area contributed by atoms with Crippen LogP contribution in [0.25, 0.3) is 0 Å². The zero-order chi connectivity index (χ0) is 12.1. The van der Waals surface area contributed by atoms with Gasteiger partial charge in [-0.05, 0) is 31.6 Å². The highest BCUT2D eigenvalue weighted by atomic mass is 32.2. The fraction of sp³-hybridized carbons (Fsp3) is 1.00. The van der Waals surface area contributed by atoms with Gasteiger partial charge in [0.05, 0.1) is 12.4 Å². The molecule has 0 saturated heterocycles. The van der Waals surface area contributed by atoms with Crippen molar-refractivity contribution in [1.29, 1.82) is 0 Å². The Morgan fingerprint density at radius 3 is 2.62 bits per heavy atom. The first kappa shape index (κ1) is 13.9. The summed E-state index contributed by atoms with van der Waals surface area (Å²) in [4.78, 5) is 0. The summed E-state index contributed by atoms with van der Waals surface area (Å²) in [7, 11) is -3.22. The van der Waals surface area contributed by atoms with E-state index in [9.17, 15) is 8.42 Å². The molecule has 0 unspecified atom stereocenters. The third-order valence-corrected chi connectivity index (χ3v) is 4.26. The second-order valence-electron chi connectivity index (χ2n) is 4.31. The minimum atomic E-state index is -3.22. The molecule has 5 nitrogen and oxygen atoms in total. The summed E-state index contributed by atoms with van der Waals surface area (Å²) in [6.07, 6.45) is 2.68. The highest BCUT2D eigenvalue weighted by Gasteiger charge is 2.42. The molecule has 0 aromatic carbocycles. The number of hydrogen-bond donors (Lipinski definition) is 2. The minimum absolute atomic E-state index is 0.00997. The van der Waals surface area contributed by atoms with E-state index in [0.29, 0.717) is 19.6 Å². The van der Waals surface area contributed by atoms with Gasteiger partial charge in [0.1, 0.15) is 0 Å². The summed E-state index contributed by atoms with van der Waals surface area (Å²) < 4.78 is 30.7. The molecule has 1 aliphatic carbocycles. The Balaban J connectivity index is 2.25. The van der Waals surface area contributed by atoms with E-state index in [1.165, 1.54) is 0 Å². The summed E-state index contributed by atoms with van der Waals surface area (Å²) in [5.41, 5.74) is 0.0213. The minimum Gasteiger partial charge on any atom is -0.396 e. The van der Waals surface area contributed by atoms with Crippen LogP contribution >= 0.6 is 0 Å². The molecule has 0 spiro atoms. The molecule has 2 N–H and O–H groups in total. The maximum atomic E-state index is 11.5. The van der Waals surface area contributed by atoms with E-state index < -0.39 is 10.0 Å². The second-order valence-corrected chi connectivity index (χ2v) is 6.24. The van der Waals surface area contributed by atoms with Gasteiger partial charge in [0.15, 0.2) is 0 Å². The lowest BCUT2D eigenvalue weighted by Gasteiger charge is -2.14. The maximum absolute atomic E-state index is 11.5.